The number of hydrogen-bond donors (Lipinski definition) is 0. The van der Waals surface area contributed by atoms with Crippen molar-refractivity contribution in [2.45, 2.75) is 0 Å². The molecule has 0 spiro atoms. The first-order chi connectivity index (χ1) is 9.92. The van der Waals surface area contributed by atoms with Gasteiger partial charge in [-0.2, -0.15) is 9.50 Å². The summed E-state index contributed by atoms with van der Waals surface area (Å²) < 4.78 is 3.59. The van der Waals surface area contributed by atoms with E-state index in [-0.39, 0.29) is 0 Å². The topological polar surface area (TPSA) is 60.9 Å². The molecule has 0 saturated carbocycles. The molecule has 20 heavy (non-hydrogen) atoms. The highest BCUT2D eigenvalue weighted by molar-refractivity contribution is 5.60. The molecule has 0 fully saturated rings. The lowest BCUT2D eigenvalue weighted by molar-refractivity contribution is 0.889. The lowest BCUT2D eigenvalue weighted by Crippen LogP contribution is -1.97. The summed E-state index contributed by atoms with van der Waals surface area (Å²) in [6, 6.07) is 9.65. The van der Waals surface area contributed by atoms with Crippen molar-refractivity contribution >= 4 is 5.78 Å². The molecule has 4 rings (SSSR count). The maximum Gasteiger partial charge on any atom is 0.255 e. The first-order valence-corrected chi connectivity index (χ1v) is 6.17. The molecule has 0 aliphatic rings. The minimum atomic E-state index is 0.572. The number of nitrogens with zero attached hydrogens (tertiary/aromatic N) is 6. The minimum Gasteiger partial charge on any atom is -0.291 e. The maximum absolute atomic E-state index is 4.52. The predicted octanol–water partition coefficient (Wildman–Crippen LogP) is 1.98. The summed E-state index contributed by atoms with van der Waals surface area (Å²) in [7, 11) is 0. The molecule has 0 unspecified atom stereocenters. The van der Waals surface area contributed by atoms with Crippen molar-refractivity contribution in [3.63, 3.8) is 0 Å². The van der Waals surface area contributed by atoms with Gasteiger partial charge in [0.05, 0.1) is 5.69 Å². The molecule has 0 bridgehead atoms. The van der Waals surface area contributed by atoms with E-state index in [0.717, 1.165) is 11.3 Å². The molecular weight excluding hydrogens is 252 g/mol. The summed E-state index contributed by atoms with van der Waals surface area (Å²) in [4.78, 5) is 12.7. The summed E-state index contributed by atoms with van der Waals surface area (Å²) in [5, 5.41) is 4.52. The number of aromatic nitrogens is 6. The van der Waals surface area contributed by atoms with Gasteiger partial charge in [0.15, 0.2) is 0 Å². The van der Waals surface area contributed by atoms with Gasteiger partial charge < -0.3 is 0 Å². The Balaban J connectivity index is 1.95. The highest BCUT2D eigenvalue weighted by Gasteiger charge is 2.10. The van der Waals surface area contributed by atoms with E-state index >= 15 is 0 Å². The molecule has 4 aromatic rings. The quantitative estimate of drug-likeness (QED) is 0.554. The third-order valence-electron chi connectivity index (χ3n) is 3.04. The van der Waals surface area contributed by atoms with Gasteiger partial charge in [-0.25, -0.2) is 4.98 Å². The average Bonchev–Trinajstić information content (AvgIpc) is 3.16. The van der Waals surface area contributed by atoms with Crippen LogP contribution in [0.2, 0.25) is 0 Å². The molecule has 0 radical (unpaired) electrons. The first kappa shape index (κ1) is 10.9. The third-order valence-corrected chi connectivity index (χ3v) is 3.04. The Hall–Kier alpha value is -3.02. The summed E-state index contributed by atoms with van der Waals surface area (Å²) in [6.45, 7) is 0. The number of rotatable bonds is 2. The largest absolute Gasteiger partial charge is 0.291 e. The van der Waals surface area contributed by atoms with Crippen LogP contribution < -0.4 is 0 Å². The second-order valence-corrected chi connectivity index (χ2v) is 4.28. The van der Waals surface area contributed by atoms with Crippen LogP contribution in [0.3, 0.4) is 0 Å². The number of fused-ring (bicyclic) bond motifs is 1. The van der Waals surface area contributed by atoms with Crippen LogP contribution in [0.15, 0.2) is 61.3 Å². The second kappa shape index (κ2) is 4.27. The van der Waals surface area contributed by atoms with Crippen molar-refractivity contribution in [1.82, 2.24) is 29.1 Å². The first-order valence-electron chi connectivity index (χ1n) is 6.17. The maximum atomic E-state index is 4.52. The molecule has 0 aromatic carbocycles. The predicted molar refractivity (Wildman–Crippen MR) is 73.3 cm³/mol. The van der Waals surface area contributed by atoms with Crippen molar-refractivity contribution in [2.24, 2.45) is 0 Å². The third kappa shape index (κ3) is 1.66. The monoisotopic (exact) mass is 262 g/mol. The van der Waals surface area contributed by atoms with Gasteiger partial charge in [0.1, 0.15) is 0 Å². The van der Waals surface area contributed by atoms with Gasteiger partial charge in [-0.15, -0.1) is 5.10 Å². The van der Waals surface area contributed by atoms with Crippen LogP contribution in [-0.2, 0) is 0 Å². The van der Waals surface area contributed by atoms with Crippen molar-refractivity contribution in [3.05, 3.63) is 61.3 Å². The summed E-state index contributed by atoms with van der Waals surface area (Å²) >= 11 is 0. The Labute approximate surface area is 114 Å². The number of pyridine rings is 1. The van der Waals surface area contributed by atoms with Crippen molar-refractivity contribution in [3.8, 4) is 17.2 Å². The van der Waals surface area contributed by atoms with E-state index in [1.807, 2.05) is 47.3 Å². The van der Waals surface area contributed by atoms with Gasteiger partial charge in [-0.3, -0.25) is 9.55 Å². The molecule has 4 aromatic heterocycles. The van der Waals surface area contributed by atoms with Crippen molar-refractivity contribution in [2.75, 3.05) is 0 Å². The average molecular weight is 262 g/mol. The lowest BCUT2D eigenvalue weighted by Gasteiger charge is -2.02. The molecule has 4 heterocycles. The zero-order valence-electron chi connectivity index (χ0n) is 10.5. The Morgan fingerprint density at radius 3 is 2.50 bits per heavy atom. The van der Waals surface area contributed by atoms with Gasteiger partial charge in [0.25, 0.3) is 11.7 Å². The normalized spacial score (nSPS) is 11.0. The fourth-order valence-electron chi connectivity index (χ4n) is 2.10. The molecule has 0 aliphatic heterocycles. The van der Waals surface area contributed by atoms with E-state index < -0.39 is 0 Å². The minimum absolute atomic E-state index is 0.572. The van der Waals surface area contributed by atoms with Gasteiger partial charge in [-0.1, -0.05) is 0 Å². The van der Waals surface area contributed by atoms with E-state index in [0.29, 0.717) is 11.7 Å². The lowest BCUT2D eigenvalue weighted by atomic mass is 10.2. The Kier molecular flexibility index (Phi) is 2.32. The molecule has 6 heteroatoms. The molecule has 0 saturated heterocycles. The van der Waals surface area contributed by atoms with Crippen LogP contribution in [-0.4, -0.2) is 29.1 Å². The Bertz CT molecular complexity index is 848. The van der Waals surface area contributed by atoms with Gasteiger partial charge >= 0.3 is 0 Å². The van der Waals surface area contributed by atoms with Crippen LogP contribution in [0, 0.1) is 0 Å². The van der Waals surface area contributed by atoms with Crippen molar-refractivity contribution < 1.29 is 0 Å². The van der Waals surface area contributed by atoms with Gasteiger partial charge in [0.2, 0.25) is 0 Å². The SMILES string of the molecule is c1ccn(-c2nc3nccc(-c4ccncc4)n3n2)c1. The summed E-state index contributed by atoms with van der Waals surface area (Å²) in [5.41, 5.74) is 1.96. The van der Waals surface area contributed by atoms with Crippen LogP contribution in [0.25, 0.3) is 23.0 Å². The highest BCUT2D eigenvalue weighted by atomic mass is 15.4. The zero-order valence-corrected chi connectivity index (χ0v) is 10.5. The standard InChI is InChI=1S/C14H10N6/c1-2-10-19(9-1)14-17-13-16-8-5-12(20(13)18-14)11-3-6-15-7-4-11/h1-10H. The molecule has 96 valence electrons. The molecule has 0 atom stereocenters. The fourth-order valence-corrected chi connectivity index (χ4v) is 2.10. The molecule has 6 nitrogen and oxygen atoms in total. The van der Waals surface area contributed by atoms with E-state index in [1.165, 1.54) is 0 Å². The van der Waals surface area contributed by atoms with Crippen LogP contribution >= 0.6 is 0 Å². The number of hydrogen-bond acceptors (Lipinski definition) is 4. The molecule has 0 N–H and O–H groups in total. The fraction of sp³-hybridized carbons (Fsp3) is 0. The molecule has 0 aliphatic carbocycles. The van der Waals surface area contributed by atoms with E-state index in [9.17, 15) is 0 Å². The smallest absolute Gasteiger partial charge is 0.255 e. The van der Waals surface area contributed by atoms with Crippen molar-refractivity contribution in [1.29, 1.82) is 0 Å². The van der Waals surface area contributed by atoms with Gasteiger partial charge in [0, 0.05) is 36.5 Å². The Morgan fingerprint density at radius 2 is 1.70 bits per heavy atom. The summed E-state index contributed by atoms with van der Waals surface area (Å²) in [6.07, 6.45) is 9.05. The highest BCUT2D eigenvalue weighted by Crippen LogP contribution is 2.18. The van der Waals surface area contributed by atoms with E-state index in [2.05, 4.69) is 20.1 Å². The van der Waals surface area contributed by atoms with Crippen LogP contribution in [0.5, 0.6) is 0 Å². The van der Waals surface area contributed by atoms with E-state index in [1.54, 1.807) is 23.1 Å². The Morgan fingerprint density at radius 1 is 0.900 bits per heavy atom. The molecular formula is C14H10N6. The van der Waals surface area contributed by atoms with Crippen LogP contribution in [0.1, 0.15) is 0 Å². The van der Waals surface area contributed by atoms with E-state index in [4.69, 9.17) is 0 Å². The van der Waals surface area contributed by atoms with Crippen LogP contribution in [0.4, 0.5) is 0 Å². The second-order valence-electron chi connectivity index (χ2n) is 4.28. The molecule has 0 amide bonds. The van der Waals surface area contributed by atoms with Gasteiger partial charge in [-0.05, 0) is 30.3 Å². The zero-order chi connectivity index (χ0) is 13.4. The summed E-state index contributed by atoms with van der Waals surface area (Å²) in [5.74, 6) is 1.17.